The Labute approximate surface area is 116 Å². The summed E-state index contributed by atoms with van der Waals surface area (Å²) in [7, 11) is 2.16. The minimum Gasteiger partial charge on any atom is -0.300 e. The smallest absolute Gasteiger partial charge is 0.0453 e. The second-order valence-electron chi connectivity index (χ2n) is 4.46. The van der Waals surface area contributed by atoms with Crippen LogP contribution in [-0.4, -0.2) is 24.2 Å². The van der Waals surface area contributed by atoms with Gasteiger partial charge in [0.25, 0.3) is 0 Å². The molecule has 0 radical (unpaired) electrons. The molecule has 0 aliphatic heterocycles. The Hall–Kier alpha value is -0.180. The van der Waals surface area contributed by atoms with Gasteiger partial charge in [-0.15, -0.1) is 0 Å². The van der Waals surface area contributed by atoms with Crippen LogP contribution >= 0.6 is 24.2 Å². The van der Waals surface area contributed by atoms with Crippen molar-refractivity contribution in [2.24, 2.45) is 0 Å². The average molecular weight is 272 g/mol. The molecular weight excluding hydrogens is 250 g/mol. The van der Waals surface area contributed by atoms with Gasteiger partial charge in [-0.25, -0.2) is 0 Å². The van der Waals surface area contributed by atoms with E-state index in [1.54, 1.807) is 0 Å². The molecule has 0 bridgehead atoms. The Kier molecular flexibility index (Phi) is 7.02. The minimum atomic E-state index is 0.375. The number of unbranched alkanes of at least 4 members (excludes halogenated alkanes) is 2. The van der Waals surface area contributed by atoms with E-state index in [2.05, 4.69) is 37.6 Å². The summed E-state index contributed by atoms with van der Waals surface area (Å²) in [6.07, 6.45) is 3.69. The van der Waals surface area contributed by atoms with E-state index in [1.165, 1.54) is 24.8 Å². The number of nitrogens with zero attached hydrogens (tertiary/aromatic N) is 1. The molecular formula is C14H22ClNS. The highest BCUT2D eigenvalue weighted by Crippen LogP contribution is 2.26. The molecule has 1 aromatic carbocycles. The van der Waals surface area contributed by atoms with E-state index in [1.807, 2.05) is 18.2 Å². The summed E-state index contributed by atoms with van der Waals surface area (Å²) >= 11 is 10.4. The Morgan fingerprint density at radius 1 is 1.24 bits per heavy atom. The van der Waals surface area contributed by atoms with Crippen LogP contribution in [0.5, 0.6) is 0 Å². The van der Waals surface area contributed by atoms with Gasteiger partial charge in [0.2, 0.25) is 0 Å². The Bertz CT molecular complexity index is 330. The van der Waals surface area contributed by atoms with Crippen LogP contribution in [0.4, 0.5) is 0 Å². The van der Waals surface area contributed by atoms with Gasteiger partial charge in [-0.05, 0) is 50.7 Å². The van der Waals surface area contributed by atoms with E-state index in [0.717, 1.165) is 17.3 Å². The lowest BCUT2D eigenvalue weighted by Gasteiger charge is -2.25. The molecule has 0 saturated heterocycles. The molecule has 1 atom stereocenters. The summed E-state index contributed by atoms with van der Waals surface area (Å²) < 4.78 is 0. The van der Waals surface area contributed by atoms with Crippen molar-refractivity contribution >= 4 is 24.2 Å². The predicted molar refractivity (Wildman–Crippen MR) is 80.2 cm³/mol. The molecule has 0 spiro atoms. The third-order valence-electron chi connectivity index (χ3n) is 3.19. The zero-order chi connectivity index (χ0) is 12.7. The first-order chi connectivity index (χ1) is 8.16. The maximum absolute atomic E-state index is 6.21. The van der Waals surface area contributed by atoms with E-state index >= 15 is 0 Å². The number of thiol groups is 1. The van der Waals surface area contributed by atoms with Crippen molar-refractivity contribution in [1.82, 2.24) is 4.90 Å². The lowest BCUT2D eigenvalue weighted by Crippen LogP contribution is -2.23. The number of halogens is 1. The summed E-state index contributed by atoms with van der Waals surface area (Å²) in [6, 6.07) is 8.47. The molecule has 1 nitrogen and oxygen atoms in total. The van der Waals surface area contributed by atoms with E-state index in [9.17, 15) is 0 Å². The Morgan fingerprint density at radius 3 is 2.59 bits per heavy atom. The average Bonchev–Trinajstić information content (AvgIpc) is 2.34. The number of hydrogen-bond donors (Lipinski definition) is 1. The Balaban J connectivity index is 2.46. The fourth-order valence-electron chi connectivity index (χ4n) is 1.89. The molecule has 0 fully saturated rings. The molecule has 1 aromatic rings. The normalized spacial score (nSPS) is 13.0. The van der Waals surface area contributed by atoms with Gasteiger partial charge in [-0.3, -0.25) is 4.90 Å². The van der Waals surface area contributed by atoms with Crippen LogP contribution < -0.4 is 0 Å². The SMILES string of the molecule is CC(c1ccccc1Cl)N(C)CCCCCS. The van der Waals surface area contributed by atoms with Crippen LogP contribution in [0.3, 0.4) is 0 Å². The van der Waals surface area contributed by atoms with Crippen molar-refractivity contribution in [2.75, 3.05) is 19.3 Å². The van der Waals surface area contributed by atoms with Crippen molar-refractivity contribution in [3.8, 4) is 0 Å². The molecule has 17 heavy (non-hydrogen) atoms. The quantitative estimate of drug-likeness (QED) is 0.567. The second-order valence-corrected chi connectivity index (χ2v) is 5.32. The first kappa shape index (κ1) is 14.9. The largest absolute Gasteiger partial charge is 0.300 e. The topological polar surface area (TPSA) is 3.24 Å². The molecule has 0 amide bonds. The molecule has 3 heteroatoms. The van der Waals surface area contributed by atoms with Gasteiger partial charge in [0, 0.05) is 11.1 Å². The lowest BCUT2D eigenvalue weighted by molar-refractivity contribution is 0.256. The fourth-order valence-corrected chi connectivity index (χ4v) is 2.41. The standard InChI is InChI=1S/C14H22ClNS/c1-12(13-8-4-5-9-14(13)15)16(2)10-6-3-7-11-17/h4-5,8-9,12,17H,3,6-7,10-11H2,1-2H3. The first-order valence-corrected chi connectivity index (χ1v) is 7.23. The zero-order valence-electron chi connectivity index (χ0n) is 10.7. The molecule has 1 rings (SSSR count). The van der Waals surface area contributed by atoms with E-state index < -0.39 is 0 Å². The van der Waals surface area contributed by atoms with E-state index in [-0.39, 0.29) is 0 Å². The highest BCUT2D eigenvalue weighted by Gasteiger charge is 2.13. The van der Waals surface area contributed by atoms with Crippen LogP contribution in [0.15, 0.2) is 24.3 Å². The minimum absolute atomic E-state index is 0.375. The van der Waals surface area contributed by atoms with Crippen molar-refractivity contribution in [2.45, 2.75) is 32.2 Å². The highest BCUT2D eigenvalue weighted by molar-refractivity contribution is 7.80. The van der Waals surface area contributed by atoms with Crippen LogP contribution in [0.25, 0.3) is 0 Å². The lowest BCUT2D eigenvalue weighted by atomic mass is 10.1. The predicted octanol–water partition coefficient (Wildman–Crippen LogP) is 4.43. The van der Waals surface area contributed by atoms with Crippen LogP contribution in [0.1, 0.15) is 37.8 Å². The number of rotatable bonds is 7. The fraction of sp³-hybridized carbons (Fsp3) is 0.571. The van der Waals surface area contributed by atoms with Gasteiger partial charge < -0.3 is 0 Å². The summed E-state index contributed by atoms with van der Waals surface area (Å²) in [5, 5.41) is 0.863. The number of hydrogen-bond acceptors (Lipinski definition) is 2. The van der Waals surface area contributed by atoms with Crippen LogP contribution in [-0.2, 0) is 0 Å². The summed E-state index contributed by atoms with van der Waals surface area (Å²) in [5.41, 5.74) is 1.21. The zero-order valence-corrected chi connectivity index (χ0v) is 12.3. The third-order valence-corrected chi connectivity index (χ3v) is 3.85. The molecule has 1 unspecified atom stereocenters. The monoisotopic (exact) mass is 271 g/mol. The van der Waals surface area contributed by atoms with Crippen molar-refractivity contribution in [1.29, 1.82) is 0 Å². The van der Waals surface area contributed by atoms with Gasteiger partial charge in [-0.1, -0.05) is 36.2 Å². The van der Waals surface area contributed by atoms with Gasteiger partial charge in [0.05, 0.1) is 0 Å². The summed E-state index contributed by atoms with van der Waals surface area (Å²) in [5.74, 6) is 0.990. The maximum Gasteiger partial charge on any atom is 0.0453 e. The molecule has 0 saturated carbocycles. The Morgan fingerprint density at radius 2 is 1.94 bits per heavy atom. The summed E-state index contributed by atoms with van der Waals surface area (Å²) in [4.78, 5) is 2.36. The van der Waals surface area contributed by atoms with Crippen molar-refractivity contribution in [3.05, 3.63) is 34.9 Å². The molecule has 0 heterocycles. The van der Waals surface area contributed by atoms with E-state index in [0.29, 0.717) is 6.04 Å². The van der Waals surface area contributed by atoms with Gasteiger partial charge in [0.1, 0.15) is 0 Å². The highest BCUT2D eigenvalue weighted by atomic mass is 35.5. The summed E-state index contributed by atoms with van der Waals surface area (Å²) in [6.45, 7) is 3.32. The number of benzene rings is 1. The van der Waals surface area contributed by atoms with Crippen LogP contribution in [0, 0.1) is 0 Å². The van der Waals surface area contributed by atoms with Gasteiger partial charge in [-0.2, -0.15) is 12.6 Å². The van der Waals surface area contributed by atoms with Gasteiger partial charge >= 0.3 is 0 Å². The molecule has 0 aliphatic rings. The van der Waals surface area contributed by atoms with Crippen molar-refractivity contribution in [3.63, 3.8) is 0 Å². The molecule has 0 aliphatic carbocycles. The molecule has 0 N–H and O–H groups in total. The molecule has 96 valence electrons. The molecule has 0 aromatic heterocycles. The maximum atomic E-state index is 6.21. The van der Waals surface area contributed by atoms with E-state index in [4.69, 9.17) is 11.6 Å². The first-order valence-electron chi connectivity index (χ1n) is 6.22. The third kappa shape index (κ3) is 4.90. The van der Waals surface area contributed by atoms with Gasteiger partial charge in [0.15, 0.2) is 0 Å². The second kappa shape index (κ2) is 8.02. The van der Waals surface area contributed by atoms with Crippen molar-refractivity contribution < 1.29 is 0 Å². The van der Waals surface area contributed by atoms with Crippen LogP contribution in [0.2, 0.25) is 5.02 Å².